The number of rotatable bonds is 3. The maximum Gasteiger partial charge on any atom is 0.100 e. The van der Waals surface area contributed by atoms with E-state index < -0.39 is 6.10 Å². The molecule has 2 unspecified atom stereocenters. The van der Waals surface area contributed by atoms with E-state index in [1.165, 1.54) is 11.3 Å². The van der Waals surface area contributed by atoms with Gasteiger partial charge in [-0.3, -0.25) is 0 Å². The third-order valence-electron chi connectivity index (χ3n) is 3.10. The minimum Gasteiger partial charge on any atom is -0.388 e. The van der Waals surface area contributed by atoms with Gasteiger partial charge in [0.25, 0.3) is 0 Å². The Balaban J connectivity index is 2.73. The van der Waals surface area contributed by atoms with Crippen molar-refractivity contribution in [2.75, 3.05) is 0 Å². The third kappa shape index (κ3) is 3.63. The van der Waals surface area contributed by atoms with E-state index in [-0.39, 0.29) is 5.41 Å². The lowest BCUT2D eigenvalue weighted by Gasteiger charge is -2.29. The summed E-state index contributed by atoms with van der Waals surface area (Å²) < 4.78 is 1.22. The van der Waals surface area contributed by atoms with Crippen LogP contribution in [-0.4, -0.2) is 5.11 Å². The topological polar surface area (TPSA) is 20.2 Å². The summed E-state index contributed by atoms with van der Waals surface area (Å²) in [4.78, 5) is 0. The minimum atomic E-state index is -0.523. The van der Waals surface area contributed by atoms with Crippen LogP contribution >= 0.6 is 34.5 Å². The Labute approximate surface area is 111 Å². The molecule has 92 valence electrons. The molecule has 1 aromatic rings. The molecule has 0 bridgehead atoms. The van der Waals surface area contributed by atoms with E-state index in [4.69, 9.17) is 23.2 Å². The highest BCUT2D eigenvalue weighted by Crippen LogP contribution is 2.39. The van der Waals surface area contributed by atoms with Crippen molar-refractivity contribution < 1.29 is 5.11 Å². The highest BCUT2D eigenvalue weighted by atomic mass is 35.5. The Hall–Kier alpha value is 0.240. The summed E-state index contributed by atoms with van der Waals surface area (Å²) in [6.07, 6.45) is 0.182. The zero-order valence-corrected chi connectivity index (χ0v) is 12.4. The molecule has 2 atom stereocenters. The number of hydrogen-bond donors (Lipinski definition) is 1. The summed E-state index contributed by atoms with van der Waals surface area (Å²) in [7, 11) is 0. The van der Waals surface area contributed by atoms with E-state index >= 15 is 0 Å². The van der Waals surface area contributed by atoms with Gasteiger partial charge in [0.2, 0.25) is 0 Å². The Morgan fingerprint density at radius 1 is 1.38 bits per heavy atom. The summed E-state index contributed by atoms with van der Waals surface area (Å²) in [5, 5.41) is 10.1. The van der Waals surface area contributed by atoms with Crippen molar-refractivity contribution >= 4 is 34.5 Å². The van der Waals surface area contributed by atoms with E-state index in [0.717, 1.165) is 5.56 Å². The number of halogens is 2. The SMILES string of the molecule is CC(CC(O)c1cc(Cl)sc1Cl)C(C)(C)C. The average Bonchev–Trinajstić information content (AvgIpc) is 2.43. The fourth-order valence-corrected chi connectivity index (χ4v) is 2.96. The molecule has 4 heteroatoms. The molecule has 0 saturated carbocycles. The van der Waals surface area contributed by atoms with Crippen LogP contribution in [0.5, 0.6) is 0 Å². The predicted octanol–water partition coefficient (Wildman–Crippen LogP) is 5.16. The normalized spacial score (nSPS) is 16.2. The summed E-state index contributed by atoms with van der Waals surface area (Å²) in [5.41, 5.74) is 0.945. The van der Waals surface area contributed by atoms with E-state index in [1.54, 1.807) is 6.07 Å². The van der Waals surface area contributed by atoms with E-state index in [9.17, 15) is 5.11 Å². The molecule has 1 nitrogen and oxygen atoms in total. The lowest BCUT2D eigenvalue weighted by atomic mass is 9.78. The molecule has 0 radical (unpaired) electrons. The van der Waals surface area contributed by atoms with Gasteiger partial charge in [-0.05, 0) is 23.8 Å². The molecule has 1 aromatic heterocycles. The average molecular weight is 281 g/mol. The smallest absolute Gasteiger partial charge is 0.100 e. The Morgan fingerprint density at radius 2 is 1.94 bits per heavy atom. The first-order valence-corrected chi connectivity index (χ1v) is 6.92. The molecule has 1 heterocycles. The first-order chi connectivity index (χ1) is 7.21. The standard InChI is InChI=1S/C12H18Cl2OS/c1-7(12(2,3)4)5-9(15)8-6-10(13)16-11(8)14/h6-7,9,15H,5H2,1-4H3. The van der Waals surface area contributed by atoms with Crippen molar-refractivity contribution in [3.63, 3.8) is 0 Å². The minimum absolute atomic E-state index is 0.188. The van der Waals surface area contributed by atoms with Gasteiger partial charge >= 0.3 is 0 Å². The van der Waals surface area contributed by atoms with E-state index in [0.29, 0.717) is 21.0 Å². The van der Waals surface area contributed by atoms with Crippen LogP contribution in [0.4, 0.5) is 0 Å². The summed E-state index contributed by atoms with van der Waals surface area (Å²) in [5.74, 6) is 0.414. The molecule has 0 aliphatic heterocycles. The molecule has 0 aliphatic rings. The summed E-state index contributed by atoms with van der Waals surface area (Å²) >= 11 is 13.2. The Morgan fingerprint density at radius 3 is 2.31 bits per heavy atom. The van der Waals surface area contributed by atoms with Gasteiger partial charge in [-0.1, -0.05) is 50.9 Å². The maximum atomic E-state index is 10.1. The number of thiophene rings is 1. The zero-order chi connectivity index (χ0) is 12.5. The van der Waals surface area contributed by atoms with Crippen LogP contribution < -0.4 is 0 Å². The molecule has 1 rings (SSSR count). The molecule has 0 amide bonds. The molecule has 0 fully saturated rings. The third-order valence-corrected chi connectivity index (χ3v) is 4.62. The van der Waals surface area contributed by atoms with Crippen molar-refractivity contribution in [1.29, 1.82) is 0 Å². The van der Waals surface area contributed by atoms with Gasteiger partial charge in [-0.15, -0.1) is 11.3 Å². The van der Waals surface area contributed by atoms with Crippen molar-refractivity contribution in [2.24, 2.45) is 11.3 Å². The van der Waals surface area contributed by atoms with Gasteiger partial charge in [-0.2, -0.15) is 0 Å². The van der Waals surface area contributed by atoms with Gasteiger partial charge in [0.05, 0.1) is 10.4 Å². The quantitative estimate of drug-likeness (QED) is 0.811. The van der Waals surface area contributed by atoms with Crippen molar-refractivity contribution in [1.82, 2.24) is 0 Å². The van der Waals surface area contributed by atoms with Crippen molar-refractivity contribution in [2.45, 2.75) is 40.2 Å². The number of hydrogen-bond acceptors (Lipinski definition) is 2. The van der Waals surface area contributed by atoms with Crippen molar-refractivity contribution in [3.05, 3.63) is 20.3 Å². The van der Waals surface area contributed by atoms with Gasteiger partial charge in [0.15, 0.2) is 0 Å². The predicted molar refractivity (Wildman–Crippen MR) is 72.5 cm³/mol. The maximum absolute atomic E-state index is 10.1. The lowest BCUT2D eigenvalue weighted by molar-refractivity contribution is 0.111. The first kappa shape index (κ1) is 14.3. The molecule has 1 N–H and O–H groups in total. The Bertz CT molecular complexity index is 354. The monoisotopic (exact) mass is 280 g/mol. The molecule has 0 aliphatic carbocycles. The molecule has 0 aromatic carbocycles. The fraction of sp³-hybridized carbons (Fsp3) is 0.667. The number of aliphatic hydroxyl groups is 1. The van der Waals surface area contributed by atoms with Gasteiger partial charge in [0.1, 0.15) is 4.34 Å². The zero-order valence-electron chi connectivity index (χ0n) is 10.1. The second-order valence-corrected chi connectivity index (χ2v) is 7.58. The second-order valence-electron chi connectivity index (χ2n) is 5.30. The molecular formula is C12H18Cl2OS. The van der Waals surface area contributed by atoms with Gasteiger partial charge in [0, 0.05) is 5.56 Å². The summed E-state index contributed by atoms with van der Waals surface area (Å²) in [6.45, 7) is 8.66. The van der Waals surface area contributed by atoms with Crippen LogP contribution in [0.2, 0.25) is 8.67 Å². The second kappa shape index (κ2) is 5.26. The van der Waals surface area contributed by atoms with Crippen LogP contribution in [0, 0.1) is 11.3 Å². The lowest BCUT2D eigenvalue weighted by Crippen LogP contribution is -2.19. The van der Waals surface area contributed by atoms with Crippen LogP contribution in [0.25, 0.3) is 0 Å². The molecule has 16 heavy (non-hydrogen) atoms. The van der Waals surface area contributed by atoms with Gasteiger partial charge in [-0.25, -0.2) is 0 Å². The van der Waals surface area contributed by atoms with Crippen LogP contribution in [0.1, 0.15) is 45.8 Å². The van der Waals surface area contributed by atoms with Crippen LogP contribution in [0.3, 0.4) is 0 Å². The molecule has 0 saturated heterocycles. The largest absolute Gasteiger partial charge is 0.388 e. The Kier molecular flexibility index (Phi) is 4.70. The highest BCUT2D eigenvalue weighted by Gasteiger charge is 2.25. The van der Waals surface area contributed by atoms with Crippen LogP contribution in [0.15, 0.2) is 6.07 Å². The van der Waals surface area contributed by atoms with E-state index in [1.807, 2.05) is 0 Å². The van der Waals surface area contributed by atoms with Crippen molar-refractivity contribution in [3.8, 4) is 0 Å². The van der Waals surface area contributed by atoms with Gasteiger partial charge < -0.3 is 5.11 Å². The van der Waals surface area contributed by atoms with Crippen LogP contribution in [-0.2, 0) is 0 Å². The molecule has 0 spiro atoms. The summed E-state index contributed by atoms with van der Waals surface area (Å²) in [6, 6.07) is 1.76. The fourth-order valence-electron chi connectivity index (χ4n) is 1.40. The highest BCUT2D eigenvalue weighted by molar-refractivity contribution is 7.20. The molecular weight excluding hydrogens is 263 g/mol. The first-order valence-electron chi connectivity index (χ1n) is 5.34. The number of aliphatic hydroxyl groups excluding tert-OH is 1. The van der Waals surface area contributed by atoms with E-state index in [2.05, 4.69) is 27.7 Å².